The van der Waals surface area contributed by atoms with Crippen LogP contribution < -0.4 is 0 Å². The van der Waals surface area contributed by atoms with Crippen molar-refractivity contribution >= 4 is 5.97 Å². The number of nitrogens with zero attached hydrogens (tertiary/aromatic N) is 2. The Morgan fingerprint density at radius 3 is 2.47 bits per heavy atom. The van der Waals surface area contributed by atoms with Gasteiger partial charge in [-0.3, -0.25) is 9.69 Å². The molecule has 19 heavy (non-hydrogen) atoms. The van der Waals surface area contributed by atoms with Gasteiger partial charge >= 0.3 is 12.1 Å². The topological polar surface area (TPSA) is 53.3 Å². The van der Waals surface area contributed by atoms with Gasteiger partial charge in [-0.25, -0.2) is 0 Å². The Morgan fingerprint density at radius 1 is 1.47 bits per heavy atom. The molecule has 0 heterocycles. The van der Waals surface area contributed by atoms with Gasteiger partial charge in [0.25, 0.3) is 0 Å². The molecule has 0 radical (unpaired) electrons. The highest BCUT2D eigenvalue weighted by molar-refractivity contribution is 5.71. The first-order valence-corrected chi connectivity index (χ1v) is 6.15. The smallest absolute Gasteiger partial charge is 0.405 e. The molecule has 0 N–H and O–H groups in total. The van der Waals surface area contributed by atoms with Gasteiger partial charge in [-0.1, -0.05) is 12.8 Å². The quantitative estimate of drug-likeness (QED) is 0.723. The number of esters is 1. The number of ether oxygens (including phenoxy) is 1. The van der Waals surface area contributed by atoms with Crippen molar-refractivity contribution in [2.75, 3.05) is 20.2 Å². The van der Waals surface area contributed by atoms with Gasteiger partial charge in [0.15, 0.2) is 5.92 Å². The number of methoxy groups -OCH3 is 1. The number of halogens is 3. The Bertz CT molecular complexity index is 346. The van der Waals surface area contributed by atoms with Gasteiger partial charge in [-0.15, -0.1) is 0 Å². The molecule has 0 aromatic heterocycles. The number of nitriles is 1. The van der Waals surface area contributed by atoms with Crippen LogP contribution in [0.25, 0.3) is 0 Å². The average Bonchev–Trinajstić information content (AvgIpc) is 2.86. The Balaban J connectivity index is 2.72. The fourth-order valence-corrected chi connectivity index (χ4v) is 2.29. The zero-order valence-corrected chi connectivity index (χ0v) is 10.7. The Kier molecular flexibility index (Phi) is 5.60. The molecule has 1 rings (SSSR count). The molecule has 0 saturated heterocycles. The third-order valence-electron chi connectivity index (χ3n) is 3.37. The summed E-state index contributed by atoms with van der Waals surface area (Å²) < 4.78 is 42.4. The van der Waals surface area contributed by atoms with E-state index in [1.165, 1.54) is 18.1 Å². The van der Waals surface area contributed by atoms with Crippen molar-refractivity contribution in [1.29, 1.82) is 5.26 Å². The first kappa shape index (κ1) is 15.8. The number of hydrogen-bond acceptors (Lipinski definition) is 4. The van der Waals surface area contributed by atoms with Crippen molar-refractivity contribution in [3.63, 3.8) is 0 Å². The minimum Gasteiger partial charge on any atom is -0.468 e. The van der Waals surface area contributed by atoms with Gasteiger partial charge < -0.3 is 4.74 Å². The fourth-order valence-electron chi connectivity index (χ4n) is 2.29. The van der Waals surface area contributed by atoms with Crippen LogP contribution in [0.15, 0.2) is 0 Å². The standard InChI is InChI=1S/C12H17F3N2O2/c1-19-11(18)8-17(10-4-2-3-5-10)7-9(6-16)12(13,14)15/h9-10H,2-5,7-8H2,1H3. The normalized spacial score (nSPS) is 18.3. The van der Waals surface area contributed by atoms with Gasteiger partial charge in [-0.05, 0) is 12.8 Å². The highest BCUT2D eigenvalue weighted by Gasteiger charge is 2.42. The van der Waals surface area contributed by atoms with E-state index in [-0.39, 0.29) is 12.6 Å². The van der Waals surface area contributed by atoms with E-state index < -0.39 is 24.6 Å². The monoisotopic (exact) mass is 278 g/mol. The Morgan fingerprint density at radius 2 is 2.05 bits per heavy atom. The number of alkyl halides is 3. The van der Waals surface area contributed by atoms with Gasteiger partial charge in [-0.2, -0.15) is 18.4 Å². The van der Waals surface area contributed by atoms with E-state index in [4.69, 9.17) is 5.26 Å². The Labute approximate surface area is 110 Å². The predicted octanol–water partition coefficient (Wildman–Crippen LogP) is 2.11. The van der Waals surface area contributed by atoms with Crippen LogP contribution in [-0.4, -0.2) is 43.3 Å². The number of hydrogen-bond donors (Lipinski definition) is 0. The van der Waals surface area contributed by atoms with E-state index in [2.05, 4.69) is 4.74 Å². The van der Waals surface area contributed by atoms with Gasteiger partial charge in [0.05, 0.1) is 19.7 Å². The number of carbonyl (C=O) groups excluding carboxylic acids is 1. The predicted molar refractivity (Wildman–Crippen MR) is 61.0 cm³/mol. The Hall–Kier alpha value is -1.29. The molecule has 1 aliphatic carbocycles. The van der Waals surface area contributed by atoms with Gasteiger partial charge in [0.1, 0.15) is 0 Å². The van der Waals surface area contributed by atoms with E-state index in [0.29, 0.717) is 0 Å². The van der Waals surface area contributed by atoms with Crippen LogP contribution in [-0.2, 0) is 9.53 Å². The lowest BCUT2D eigenvalue weighted by atomic mass is 10.1. The molecule has 0 aromatic rings. The van der Waals surface area contributed by atoms with Crippen molar-refractivity contribution in [3.8, 4) is 6.07 Å². The molecule has 0 amide bonds. The highest BCUT2D eigenvalue weighted by Crippen LogP contribution is 2.30. The molecule has 0 aromatic carbocycles. The third kappa shape index (κ3) is 4.71. The molecular formula is C12H17F3N2O2. The molecule has 4 nitrogen and oxygen atoms in total. The zero-order chi connectivity index (χ0) is 14.5. The van der Waals surface area contributed by atoms with Crippen molar-refractivity contribution in [2.45, 2.75) is 37.9 Å². The molecule has 1 saturated carbocycles. The minimum atomic E-state index is -4.57. The van der Waals surface area contributed by atoms with E-state index in [1.54, 1.807) is 0 Å². The minimum absolute atomic E-state index is 0.0719. The van der Waals surface area contributed by atoms with Crippen molar-refractivity contribution in [3.05, 3.63) is 0 Å². The van der Waals surface area contributed by atoms with Crippen LogP contribution >= 0.6 is 0 Å². The summed E-state index contributed by atoms with van der Waals surface area (Å²) in [6, 6.07) is 1.20. The van der Waals surface area contributed by atoms with Crippen LogP contribution in [0.2, 0.25) is 0 Å². The summed E-state index contributed by atoms with van der Waals surface area (Å²) in [4.78, 5) is 12.7. The number of rotatable bonds is 5. The summed E-state index contributed by atoms with van der Waals surface area (Å²) in [5.74, 6) is -2.65. The lowest BCUT2D eigenvalue weighted by molar-refractivity contribution is -0.166. The van der Waals surface area contributed by atoms with Crippen LogP contribution in [0.1, 0.15) is 25.7 Å². The van der Waals surface area contributed by atoms with E-state index in [9.17, 15) is 18.0 Å². The summed E-state index contributed by atoms with van der Waals surface area (Å²) in [6.45, 7) is -0.671. The van der Waals surface area contributed by atoms with Crippen LogP contribution in [0, 0.1) is 17.2 Å². The SMILES string of the molecule is COC(=O)CN(CC(C#N)C(F)(F)F)C1CCCC1. The molecule has 0 aliphatic heterocycles. The fraction of sp³-hybridized carbons (Fsp3) is 0.833. The second-order valence-corrected chi connectivity index (χ2v) is 4.67. The zero-order valence-electron chi connectivity index (χ0n) is 10.7. The number of carbonyl (C=O) groups is 1. The summed E-state index contributed by atoms with van der Waals surface area (Å²) in [6.07, 6.45) is -1.18. The van der Waals surface area contributed by atoms with Crippen LogP contribution in [0.3, 0.4) is 0 Å². The summed E-state index contributed by atoms with van der Waals surface area (Å²) in [5, 5.41) is 8.63. The first-order valence-electron chi connectivity index (χ1n) is 6.15. The largest absolute Gasteiger partial charge is 0.468 e. The molecule has 0 spiro atoms. The van der Waals surface area contributed by atoms with E-state index in [0.717, 1.165) is 25.7 Å². The summed E-state index contributed by atoms with van der Waals surface area (Å²) in [5.41, 5.74) is 0. The summed E-state index contributed by atoms with van der Waals surface area (Å²) >= 11 is 0. The lowest BCUT2D eigenvalue weighted by Gasteiger charge is -2.29. The molecule has 1 atom stereocenters. The van der Waals surface area contributed by atoms with E-state index >= 15 is 0 Å². The van der Waals surface area contributed by atoms with Crippen LogP contribution in [0.5, 0.6) is 0 Å². The molecule has 7 heteroatoms. The van der Waals surface area contributed by atoms with E-state index in [1.807, 2.05) is 0 Å². The van der Waals surface area contributed by atoms with Crippen LogP contribution in [0.4, 0.5) is 13.2 Å². The maximum atomic E-state index is 12.6. The molecule has 108 valence electrons. The highest BCUT2D eigenvalue weighted by atomic mass is 19.4. The van der Waals surface area contributed by atoms with Gasteiger partial charge in [0, 0.05) is 12.6 Å². The maximum Gasteiger partial charge on any atom is 0.405 e. The molecule has 1 aliphatic rings. The molecule has 1 fully saturated rings. The second kappa shape index (κ2) is 6.75. The lowest BCUT2D eigenvalue weighted by Crippen LogP contribution is -2.44. The molecule has 0 bridgehead atoms. The van der Waals surface area contributed by atoms with Crippen molar-refractivity contribution in [1.82, 2.24) is 4.90 Å². The molecule has 1 unspecified atom stereocenters. The second-order valence-electron chi connectivity index (χ2n) is 4.67. The summed E-state index contributed by atoms with van der Waals surface area (Å²) in [7, 11) is 1.20. The maximum absolute atomic E-state index is 12.6. The van der Waals surface area contributed by atoms with Crippen molar-refractivity contribution < 1.29 is 22.7 Å². The average molecular weight is 278 g/mol. The third-order valence-corrected chi connectivity index (χ3v) is 3.37. The van der Waals surface area contributed by atoms with Crippen molar-refractivity contribution in [2.24, 2.45) is 5.92 Å². The molecular weight excluding hydrogens is 261 g/mol. The van der Waals surface area contributed by atoms with Gasteiger partial charge in [0.2, 0.25) is 0 Å². The first-order chi connectivity index (χ1) is 8.88.